The second-order valence-corrected chi connectivity index (χ2v) is 16.5. The number of benzene rings is 5. The molecule has 70 heavy (non-hydrogen) atoms. The average molecular weight is 1050 g/mol. The van der Waals surface area contributed by atoms with Crippen LogP contribution in [-0.4, -0.2) is 47.3 Å². The molecule has 0 aliphatic rings. The van der Waals surface area contributed by atoms with Crippen LogP contribution in [0.15, 0.2) is 105 Å². The van der Waals surface area contributed by atoms with Crippen molar-refractivity contribution in [2.45, 2.75) is 65.0 Å². The van der Waals surface area contributed by atoms with Crippen molar-refractivity contribution in [2.24, 2.45) is 20.5 Å². The van der Waals surface area contributed by atoms with E-state index in [0.717, 1.165) is 50.2 Å². The summed E-state index contributed by atoms with van der Waals surface area (Å²) in [6, 6.07) is 12.8. The lowest BCUT2D eigenvalue weighted by molar-refractivity contribution is -0.138. The number of hydrogen-bond acceptors (Lipinski definition) is 10. The Balaban J connectivity index is 1.32. The van der Waals surface area contributed by atoms with E-state index in [9.17, 15) is 55.1 Å². The van der Waals surface area contributed by atoms with Gasteiger partial charge in [0.25, 0.3) is 23.6 Å². The number of carbonyl (C=O) groups excluding carboxylic acids is 6. The Morgan fingerprint density at radius 1 is 0.514 bits per heavy atom. The first-order valence-corrected chi connectivity index (χ1v) is 21.9. The molecule has 0 aliphatic carbocycles. The van der Waals surface area contributed by atoms with E-state index in [1.54, 1.807) is 13.8 Å². The Hall–Kier alpha value is -6.74. The SMILES string of the molecule is CCc1cc(NC(=O)C(N=Nc2cc(C(=O)Nc3cccc(C(F)(F)F)c3Cl)ccc2Cl)C(C)=O)c(CC)cc1NC(=O)C(N=Nc1cc(C(=O)Nc2cccc(C(F)(F)F)c2Cl)ccc1Cl)C(C)=O. The standard InChI is InChI=1S/C46H36Cl4F6N8O6/c1-5-23-17-34(60-44(70)40(22(4)66)64-62-36-20-26(14-16-30(36)48)42(68)58-32-12-8-10-28(38(32)50)46(54,55)56)24(6-2)18-33(23)59-43(69)39(21(3)65)63-61-35-19-25(13-15-29(35)47)41(67)57-31-11-7-9-27(37(31)49)45(51,52)53/h7-20,39-40H,5-6H2,1-4H3,(H,57,67)(H,58,68)(H,59,69)(H,60,70). The number of nitrogens with one attached hydrogen (secondary N) is 4. The summed E-state index contributed by atoms with van der Waals surface area (Å²) >= 11 is 24.4. The third kappa shape index (κ3) is 13.3. The third-order valence-corrected chi connectivity index (χ3v) is 11.4. The van der Waals surface area contributed by atoms with Gasteiger partial charge >= 0.3 is 12.4 Å². The molecular weight excluding hydrogens is 1020 g/mol. The number of azo groups is 2. The van der Waals surface area contributed by atoms with Gasteiger partial charge in [0.2, 0.25) is 12.1 Å². The zero-order valence-electron chi connectivity index (χ0n) is 36.7. The van der Waals surface area contributed by atoms with Crippen LogP contribution in [0, 0.1) is 0 Å². The fourth-order valence-electron chi connectivity index (χ4n) is 6.33. The summed E-state index contributed by atoms with van der Waals surface area (Å²) in [4.78, 5) is 78.7. The van der Waals surface area contributed by atoms with Crippen molar-refractivity contribution in [2.75, 3.05) is 21.3 Å². The van der Waals surface area contributed by atoms with Gasteiger partial charge in [-0.2, -0.15) is 46.8 Å². The van der Waals surface area contributed by atoms with Gasteiger partial charge in [0.1, 0.15) is 11.4 Å². The topological polar surface area (TPSA) is 200 Å². The quantitative estimate of drug-likeness (QED) is 0.0430. The first-order chi connectivity index (χ1) is 32.8. The third-order valence-electron chi connectivity index (χ3n) is 9.96. The van der Waals surface area contributed by atoms with Crippen LogP contribution < -0.4 is 21.3 Å². The number of alkyl halides is 6. The minimum absolute atomic E-state index is 0.0595. The maximum atomic E-state index is 13.6. The lowest BCUT2D eigenvalue weighted by atomic mass is 10.0. The number of aryl methyl sites for hydroxylation is 2. The maximum Gasteiger partial charge on any atom is 0.417 e. The molecule has 5 rings (SSSR count). The number of rotatable bonds is 16. The van der Waals surface area contributed by atoms with Gasteiger partial charge in [-0.1, -0.05) is 72.4 Å². The van der Waals surface area contributed by atoms with E-state index < -0.39 is 80.8 Å². The van der Waals surface area contributed by atoms with Crippen LogP contribution in [-0.2, 0) is 44.4 Å². The van der Waals surface area contributed by atoms with Gasteiger partial charge in [-0.05, 0) is 111 Å². The fraction of sp³-hybridized carbons (Fsp3) is 0.217. The maximum absolute atomic E-state index is 13.6. The van der Waals surface area contributed by atoms with Gasteiger partial charge in [0.15, 0.2) is 11.6 Å². The summed E-state index contributed by atoms with van der Waals surface area (Å²) in [5.74, 6) is -5.12. The molecule has 24 heteroatoms. The fourth-order valence-corrected chi connectivity index (χ4v) is 7.20. The highest BCUT2D eigenvalue weighted by Crippen LogP contribution is 2.40. The molecule has 4 amide bonds. The smallest absolute Gasteiger partial charge is 0.323 e. The van der Waals surface area contributed by atoms with Crippen molar-refractivity contribution in [1.82, 2.24) is 0 Å². The number of Topliss-reactive ketones (excluding diaryl/α,β-unsaturated/α-hetero) is 2. The molecule has 2 atom stereocenters. The van der Waals surface area contributed by atoms with E-state index in [-0.39, 0.29) is 68.1 Å². The van der Waals surface area contributed by atoms with E-state index in [0.29, 0.717) is 11.1 Å². The van der Waals surface area contributed by atoms with Crippen LogP contribution in [0.4, 0.5) is 60.5 Å². The van der Waals surface area contributed by atoms with E-state index in [4.69, 9.17) is 46.4 Å². The van der Waals surface area contributed by atoms with Gasteiger partial charge in [-0.25, -0.2) is 0 Å². The average Bonchev–Trinajstić information content (AvgIpc) is 3.28. The largest absolute Gasteiger partial charge is 0.417 e. The number of anilines is 4. The summed E-state index contributed by atoms with van der Waals surface area (Å²) in [5.41, 5.74) is -2.22. The van der Waals surface area contributed by atoms with E-state index in [1.807, 2.05) is 0 Å². The molecule has 5 aromatic carbocycles. The van der Waals surface area contributed by atoms with E-state index in [2.05, 4.69) is 41.7 Å². The minimum atomic E-state index is -4.79. The molecule has 0 saturated heterocycles. The molecule has 0 spiro atoms. The Labute approximate surface area is 414 Å². The number of amides is 4. The molecule has 0 bridgehead atoms. The Morgan fingerprint density at radius 2 is 0.871 bits per heavy atom. The predicted molar refractivity (Wildman–Crippen MR) is 252 cm³/mol. The van der Waals surface area contributed by atoms with Crippen LogP contribution in [0.25, 0.3) is 0 Å². The van der Waals surface area contributed by atoms with Crippen LogP contribution in [0.5, 0.6) is 0 Å². The molecule has 366 valence electrons. The Bertz CT molecular complexity index is 2770. The van der Waals surface area contributed by atoms with E-state index >= 15 is 0 Å². The molecule has 2 unspecified atom stereocenters. The van der Waals surface area contributed by atoms with Crippen LogP contribution in [0.3, 0.4) is 0 Å². The molecule has 0 saturated carbocycles. The predicted octanol–water partition coefficient (Wildman–Crippen LogP) is 13.3. The molecular formula is C46H36Cl4F6N8O6. The first kappa shape index (κ1) is 54.2. The zero-order valence-corrected chi connectivity index (χ0v) is 39.7. The van der Waals surface area contributed by atoms with Gasteiger partial charge in [0.05, 0.1) is 42.6 Å². The van der Waals surface area contributed by atoms with Gasteiger partial charge in [-0.3, -0.25) is 28.8 Å². The molecule has 14 nitrogen and oxygen atoms in total. The number of ketones is 2. The molecule has 0 aliphatic heterocycles. The summed E-state index contributed by atoms with van der Waals surface area (Å²) in [7, 11) is 0. The summed E-state index contributed by atoms with van der Waals surface area (Å²) < 4.78 is 80.2. The van der Waals surface area contributed by atoms with Crippen LogP contribution >= 0.6 is 46.4 Å². The number of halogens is 10. The van der Waals surface area contributed by atoms with Crippen molar-refractivity contribution in [3.8, 4) is 0 Å². The minimum Gasteiger partial charge on any atom is -0.323 e. The van der Waals surface area contributed by atoms with Crippen molar-refractivity contribution >= 4 is 116 Å². The molecule has 0 fully saturated rings. The van der Waals surface area contributed by atoms with E-state index in [1.165, 1.54) is 48.5 Å². The summed E-state index contributed by atoms with van der Waals surface area (Å²) in [5, 5.41) is 24.0. The Morgan fingerprint density at radius 3 is 1.19 bits per heavy atom. The second-order valence-electron chi connectivity index (χ2n) is 14.9. The van der Waals surface area contributed by atoms with Crippen LogP contribution in [0.2, 0.25) is 20.1 Å². The van der Waals surface area contributed by atoms with Crippen molar-refractivity contribution in [1.29, 1.82) is 0 Å². The number of carbonyl (C=O) groups is 6. The highest BCUT2D eigenvalue weighted by atomic mass is 35.5. The van der Waals surface area contributed by atoms with Crippen LogP contribution in [0.1, 0.15) is 70.7 Å². The number of hydrogen-bond donors (Lipinski definition) is 4. The first-order valence-electron chi connectivity index (χ1n) is 20.4. The molecule has 5 aromatic rings. The summed E-state index contributed by atoms with van der Waals surface area (Å²) in [6.45, 7) is 5.62. The van der Waals surface area contributed by atoms with Crippen molar-refractivity contribution in [3.63, 3.8) is 0 Å². The van der Waals surface area contributed by atoms with Gasteiger partial charge in [0, 0.05) is 22.5 Å². The zero-order chi connectivity index (χ0) is 51.8. The second kappa shape index (κ2) is 22.8. The van der Waals surface area contributed by atoms with Gasteiger partial charge < -0.3 is 21.3 Å². The summed E-state index contributed by atoms with van der Waals surface area (Å²) in [6.07, 6.45) is -9.04. The Kier molecular flexibility index (Phi) is 17.6. The lowest BCUT2D eigenvalue weighted by Crippen LogP contribution is -2.33. The molecule has 0 radical (unpaired) electrons. The lowest BCUT2D eigenvalue weighted by Gasteiger charge is -2.18. The molecule has 4 N–H and O–H groups in total. The van der Waals surface area contributed by atoms with Crippen molar-refractivity contribution < 1.29 is 55.1 Å². The highest BCUT2D eigenvalue weighted by molar-refractivity contribution is 6.36. The molecule has 0 aromatic heterocycles. The molecule has 0 heterocycles. The highest BCUT2D eigenvalue weighted by Gasteiger charge is 2.35. The van der Waals surface area contributed by atoms with Gasteiger partial charge in [-0.15, -0.1) is 0 Å². The number of nitrogens with zero attached hydrogens (tertiary/aromatic N) is 4. The normalized spacial score (nSPS) is 12.7. The monoisotopic (exact) mass is 1050 g/mol. The van der Waals surface area contributed by atoms with Crippen molar-refractivity contribution in [3.05, 3.63) is 138 Å².